The molecule has 1 nitrogen and oxygen atoms in total. The monoisotopic (exact) mass is 232 g/mol. The van der Waals surface area contributed by atoms with Crippen LogP contribution < -0.4 is 4.74 Å². The molecular formula is C9H10BrFO. The quantitative estimate of drug-likeness (QED) is 0.761. The molecule has 0 bridgehead atoms. The van der Waals surface area contributed by atoms with Crippen molar-refractivity contribution in [2.45, 2.75) is 13.8 Å². The predicted octanol–water partition coefficient (Wildman–Crippen LogP) is 3.30. The van der Waals surface area contributed by atoms with Gasteiger partial charge in [0.05, 0.1) is 11.1 Å². The van der Waals surface area contributed by atoms with Gasteiger partial charge in [0.1, 0.15) is 0 Å². The third-order valence-electron chi connectivity index (χ3n) is 1.44. The highest BCUT2D eigenvalue weighted by molar-refractivity contribution is 9.10. The molecule has 0 saturated heterocycles. The van der Waals surface area contributed by atoms with E-state index in [-0.39, 0.29) is 5.82 Å². The molecule has 0 atom stereocenters. The minimum atomic E-state index is -0.331. The van der Waals surface area contributed by atoms with Crippen LogP contribution in [-0.4, -0.2) is 6.61 Å². The Morgan fingerprint density at radius 2 is 2.17 bits per heavy atom. The van der Waals surface area contributed by atoms with E-state index in [9.17, 15) is 4.39 Å². The van der Waals surface area contributed by atoms with E-state index in [1.807, 2.05) is 13.8 Å². The molecule has 0 aliphatic rings. The van der Waals surface area contributed by atoms with Crippen LogP contribution in [0.5, 0.6) is 5.75 Å². The maximum Gasteiger partial charge on any atom is 0.179 e. The van der Waals surface area contributed by atoms with Crippen LogP contribution >= 0.6 is 15.9 Å². The number of halogens is 2. The summed E-state index contributed by atoms with van der Waals surface area (Å²) in [6.07, 6.45) is 0. The zero-order valence-electron chi connectivity index (χ0n) is 7.03. The number of hydrogen-bond donors (Lipinski definition) is 0. The molecule has 12 heavy (non-hydrogen) atoms. The van der Waals surface area contributed by atoms with Gasteiger partial charge in [-0.25, -0.2) is 4.39 Å². The Morgan fingerprint density at radius 1 is 1.50 bits per heavy atom. The van der Waals surface area contributed by atoms with E-state index in [1.54, 1.807) is 12.1 Å². The lowest BCUT2D eigenvalue weighted by atomic mass is 10.2. The Morgan fingerprint density at radius 3 is 2.75 bits per heavy atom. The largest absolute Gasteiger partial charge is 0.491 e. The maximum atomic E-state index is 13.2. The van der Waals surface area contributed by atoms with Crippen LogP contribution in [0.3, 0.4) is 0 Å². The lowest BCUT2D eigenvalue weighted by molar-refractivity contribution is 0.320. The van der Waals surface area contributed by atoms with Crippen LogP contribution in [0.4, 0.5) is 4.39 Å². The van der Waals surface area contributed by atoms with Crippen molar-refractivity contribution in [1.82, 2.24) is 0 Å². The summed E-state index contributed by atoms with van der Waals surface area (Å²) in [4.78, 5) is 0. The van der Waals surface area contributed by atoms with Gasteiger partial charge in [-0.15, -0.1) is 0 Å². The first-order chi connectivity index (χ1) is 5.65. The number of ether oxygens (including phenoxy) is 1. The molecule has 0 heterocycles. The van der Waals surface area contributed by atoms with Crippen molar-refractivity contribution in [1.29, 1.82) is 0 Å². The number of rotatable bonds is 2. The fourth-order valence-electron chi connectivity index (χ4n) is 0.953. The highest BCUT2D eigenvalue weighted by atomic mass is 79.9. The second-order valence-corrected chi connectivity index (χ2v) is 3.35. The minimum absolute atomic E-state index is 0.310. The van der Waals surface area contributed by atoms with Crippen LogP contribution in [0.2, 0.25) is 0 Å². The molecule has 1 rings (SSSR count). The molecule has 0 unspecified atom stereocenters. The fraction of sp³-hybridized carbons (Fsp3) is 0.333. The van der Waals surface area contributed by atoms with Gasteiger partial charge in [-0.05, 0) is 47.5 Å². The van der Waals surface area contributed by atoms with E-state index in [1.165, 1.54) is 0 Å². The zero-order chi connectivity index (χ0) is 9.14. The molecule has 0 radical (unpaired) electrons. The molecule has 1 aromatic rings. The molecule has 0 saturated carbocycles. The van der Waals surface area contributed by atoms with E-state index >= 15 is 0 Å². The minimum Gasteiger partial charge on any atom is -0.491 e. The molecule has 0 aromatic heterocycles. The molecule has 0 aliphatic heterocycles. The lowest BCUT2D eigenvalue weighted by Crippen LogP contribution is -1.95. The Bertz CT molecular complexity index is 286. The summed E-state index contributed by atoms with van der Waals surface area (Å²) in [6, 6.07) is 3.40. The third kappa shape index (κ3) is 1.97. The third-order valence-corrected chi connectivity index (χ3v) is 2.02. The van der Waals surface area contributed by atoms with E-state index in [2.05, 4.69) is 15.9 Å². The van der Waals surface area contributed by atoms with Crippen molar-refractivity contribution in [3.8, 4) is 5.75 Å². The Labute approximate surface area is 79.7 Å². The van der Waals surface area contributed by atoms with Crippen LogP contribution in [0, 0.1) is 12.7 Å². The predicted molar refractivity (Wildman–Crippen MR) is 50.0 cm³/mol. The first kappa shape index (κ1) is 9.52. The van der Waals surface area contributed by atoms with Gasteiger partial charge in [0, 0.05) is 0 Å². The average Bonchev–Trinajstić information content (AvgIpc) is 2.00. The van der Waals surface area contributed by atoms with E-state index in [0.29, 0.717) is 16.8 Å². The molecule has 0 fully saturated rings. The Kier molecular flexibility index (Phi) is 3.09. The van der Waals surface area contributed by atoms with Gasteiger partial charge in [-0.3, -0.25) is 0 Å². The standard InChI is InChI=1S/C9H10BrFO/c1-3-12-8-5-6(2)4-7(10)9(8)11/h4-5H,3H2,1-2H3. The van der Waals surface area contributed by atoms with Crippen molar-refractivity contribution < 1.29 is 9.13 Å². The molecule has 3 heteroatoms. The number of aryl methyl sites for hydroxylation is 1. The first-order valence-corrected chi connectivity index (χ1v) is 4.53. The SMILES string of the molecule is CCOc1cc(C)cc(Br)c1F. The summed E-state index contributed by atoms with van der Waals surface area (Å²) in [5, 5.41) is 0. The van der Waals surface area contributed by atoms with Gasteiger partial charge in [-0.1, -0.05) is 0 Å². The Balaban J connectivity index is 3.09. The van der Waals surface area contributed by atoms with Crippen LogP contribution in [-0.2, 0) is 0 Å². The van der Waals surface area contributed by atoms with Crippen molar-refractivity contribution in [3.63, 3.8) is 0 Å². The molecule has 66 valence electrons. The van der Waals surface area contributed by atoms with Gasteiger partial charge in [-0.2, -0.15) is 0 Å². The molecule has 0 N–H and O–H groups in total. The zero-order valence-corrected chi connectivity index (χ0v) is 8.61. The topological polar surface area (TPSA) is 9.23 Å². The second-order valence-electron chi connectivity index (χ2n) is 2.49. The molecule has 0 amide bonds. The average molecular weight is 233 g/mol. The van der Waals surface area contributed by atoms with E-state index in [0.717, 1.165) is 5.56 Å². The maximum absolute atomic E-state index is 13.2. The number of hydrogen-bond acceptors (Lipinski definition) is 1. The van der Waals surface area contributed by atoms with Gasteiger partial charge in [0.15, 0.2) is 11.6 Å². The summed E-state index contributed by atoms with van der Waals surface area (Å²) in [5.41, 5.74) is 0.978. The first-order valence-electron chi connectivity index (χ1n) is 3.73. The van der Waals surface area contributed by atoms with Gasteiger partial charge < -0.3 is 4.74 Å². The van der Waals surface area contributed by atoms with Crippen molar-refractivity contribution in [2.24, 2.45) is 0 Å². The van der Waals surface area contributed by atoms with Gasteiger partial charge >= 0.3 is 0 Å². The van der Waals surface area contributed by atoms with Gasteiger partial charge in [0.25, 0.3) is 0 Å². The molecule has 0 aliphatic carbocycles. The number of benzene rings is 1. The summed E-state index contributed by atoms with van der Waals surface area (Å²) in [5.74, 6) is -0.0215. The van der Waals surface area contributed by atoms with Crippen molar-refractivity contribution >= 4 is 15.9 Å². The summed E-state index contributed by atoms with van der Waals surface area (Å²) in [7, 11) is 0. The fourth-order valence-corrected chi connectivity index (χ4v) is 1.51. The molecule has 0 spiro atoms. The van der Waals surface area contributed by atoms with Crippen molar-refractivity contribution in [2.75, 3.05) is 6.61 Å². The van der Waals surface area contributed by atoms with Gasteiger partial charge in [0.2, 0.25) is 0 Å². The smallest absolute Gasteiger partial charge is 0.179 e. The van der Waals surface area contributed by atoms with Crippen LogP contribution in [0.1, 0.15) is 12.5 Å². The highest BCUT2D eigenvalue weighted by Crippen LogP contribution is 2.26. The normalized spacial score (nSPS) is 10.0. The van der Waals surface area contributed by atoms with E-state index < -0.39 is 0 Å². The summed E-state index contributed by atoms with van der Waals surface area (Å²) in [6.45, 7) is 4.20. The molecule has 1 aromatic carbocycles. The Hall–Kier alpha value is -0.570. The van der Waals surface area contributed by atoms with E-state index in [4.69, 9.17) is 4.74 Å². The molecular weight excluding hydrogens is 223 g/mol. The lowest BCUT2D eigenvalue weighted by Gasteiger charge is -2.06. The van der Waals surface area contributed by atoms with Crippen LogP contribution in [0.15, 0.2) is 16.6 Å². The van der Waals surface area contributed by atoms with Crippen molar-refractivity contribution in [3.05, 3.63) is 28.0 Å². The highest BCUT2D eigenvalue weighted by Gasteiger charge is 2.07. The summed E-state index contributed by atoms with van der Waals surface area (Å²) < 4.78 is 18.7. The summed E-state index contributed by atoms with van der Waals surface area (Å²) >= 11 is 3.11. The van der Waals surface area contributed by atoms with Crippen LogP contribution in [0.25, 0.3) is 0 Å². The second kappa shape index (κ2) is 3.90.